The van der Waals surface area contributed by atoms with Crippen LogP contribution in [0.4, 0.5) is 0 Å². The fourth-order valence-electron chi connectivity index (χ4n) is 1.58. The third kappa shape index (κ3) is 4.17. The van der Waals surface area contributed by atoms with Crippen LogP contribution in [0, 0.1) is 0 Å². The van der Waals surface area contributed by atoms with Gasteiger partial charge in [-0.15, -0.1) is 11.8 Å². The highest BCUT2D eigenvalue weighted by molar-refractivity contribution is 7.98. The van der Waals surface area contributed by atoms with E-state index in [1.807, 2.05) is 38.1 Å². The standard InChI is InChI=1S/C15H17NO2S/c1-11(2)16-15(17)14-9-8-12(18-14)10-19-13-6-4-3-5-7-13/h3-9,11H,10H2,1-2H3,(H,16,17). The van der Waals surface area contributed by atoms with Crippen LogP contribution in [0.25, 0.3) is 0 Å². The van der Waals surface area contributed by atoms with E-state index in [1.54, 1.807) is 17.8 Å². The number of amides is 1. The molecule has 0 spiro atoms. The van der Waals surface area contributed by atoms with Crippen molar-refractivity contribution in [3.05, 3.63) is 54.0 Å². The summed E-state index contributed by atoms with van der Waals surface area (Å²) in [5.74, 6) is 1.74. The first-order valence-electron chi connectivity index (χ1n) is 6.22. The quantitative estimate of drug-likeness (QED) is 0.846. The van der Waals surface area contributed by atoms with Gasteiger partial charge in [0.2, 0.25) is 0 Å². The normalized spacial score (nSPS) is 10.7. The number of thioether (sulfide) groups is 1. The monoisotopic (exact) mass is 275 g/mol. The van der Waals surface area contributed by atoms with E-state index in [4.69, 9.17) is 4.42 Å². The molecule has 0 saturated carbocycles. The number of hydrogen-bond acceptors (Lipinski definition) is 3. The zero-order chi connectivity index (χ0) is 13.7. The molecule has 0 aliphatic heterocycles. The van der Waals surface area contributed by atoms with Gasteiger partial charge in [-0.3, -0.25) is 4.79 Å². The van der Waals surface area contributed by atoms with Gasteiger partial charge in [-0.2, -0.15) is 0 Å². The molecule has 1 amide bonds. The van der Waals surface area contributed by atoms with Crippen molar-refractivity contribution < 1.29 is 9.21 Å². The summed E-state index contributed by atoms with van der Waals surface area (Å²) in [6, 6.07) is 13.8. The van der Waals surface area contributed by atoms with Gasteiger partial charge in [-0.05, 0) is 38.1 Å². The van der Waals surface area contributed by atoms with E-state index in [0.29, 0.717) is 5.76 Å². The topological polar surface area (TPSA) is 42.2 Å². The lowest BCUT2D eigenvalue weighted by atomic mass is 10.3. The third-order valence-electron chi connectivity index (χ3n) is 2.43. The highest BCUT2D eigenvalue weighted by Crippen LogP contribution is 2.23. The Morgan fingerprint density at radius 1 is 1.21 bits per heavy atom. The summed E-state index contributed by atoms with van der Waals surface area (Å²) >= 11 is 1.69. The summed E-state index contributed by atoms with van der Waals surface area (Å²) in [5.41, 5.74) is 0. The first-order chi connectivity index (χ1) is 9.15. The maximum atomic E-state index is 11.7. The summed E-state index contributed by atoms with van der Waals surface area (Å²) in [6.45, 7) is 3.85. The van der Waals surface area contributed by atoms with Gasteiger partial charge in [0.25, 0.3) is 5.91 Å². The van der Waals surface area contributed by atoms with Crippen LogP contribution in [0.3, 0.4) is 0 Å². The zero-order valence-electron chi connectivity index (χ0n) is 11.1. The molecule has 1 aromatic heterocycles. The zero-order valence-corrected chi connectivity index (χ0v) is 11.9. The van der Waals surface area contributed by atoms with E-state index in [0.717, 1.165) is 11.5 Å². The minimum absolute atomic E-state index is 0.111. The molecule has 0 unspecified atom stereocenters. The second kappa shape index (κ2) is 6.48. The number of furan rings is 1. The molecule has 1 heterocycles. The van der Waals surface area contributed by atoms with Crippen LogP contribution in [0.15, 0.2) is 51.8 Å². The van der Waals surface area contributed by atoms with Crippen molar-refractivity contribution in [2.45, 2.75) is 30.5 Å². The Labute approximate surface area is 117 Å². The van der Waals surface area contributed by atoms with E-state index in [-0.39, 0.29) is 11.9 Å². The van der Waals surface area contributed by atoms with Crippen molar-refractivity contribution >= 4 is 17.7 Å². The Bertz CT molecular complexity index is 534. The van der Waals surface area contributed by atoms with Crippen molar-refractivity contribution in [1.82, 2.24) is 5.32 Å². The van der Waals surface area contributed by atoms with Crippen LogP contribution in [0.5, 0.6) is 0 Å². The molecule has 0 aliphatic carbocycles. The van der Waals surface area contributed by atoms with Crippen LogP contribution in [-0.2, 0) is 5.75 Å². The number of carbonyl (C=O) groups is 1. The number of rotatable bonds is 5. The number of benzene rings is 1. The second-order valence-corrected chi connectivity index (χ2v) is 5.54. The minimum Gasteiger partial charge on any atom is -0.455 e. The average Bonchev–Trinajstić information content (AvgIpc) is 2.86. The molecule has 0 atom stereocenters. The highest BCUT2D eigenvalue weighted by Gasteiger charge is 2.11. The van der Waals surface area contributed by atoms with Gasteiger partial charge >= 0.3 is 0 Å². The SMILES string of the molecule is CC(C)NC(=O)c1ccc(CSc2ccccc2)o1. The molecule has 1 N–H and O–H groups in total. The van der Waals surface area contributed by atoms with E-state index in [2.05, 4.69) is 17.4 Å². The molecular weight excluding hydrogens is 258 g/mol. The van der Waals surface area contributed by atoms with E-state index < -0.39 is 0 Å². The van der Waals surface area contributed by atoms with Crippen molar-refractivity contribution in [3.63, 3.8) is 0 Å². The lowest BCUT2D eigenvalue weighted by Crippen LogP contribution is -2.29. The fraction of sp³-hybridized carbons (Fsp3) is 0.267. The predicted molar refractivity (Wildman–Crippen MR) is 77.3 cm³/mol. The van der Waals surface area contributed by atoms with Gasteiger partial charge < -0.3 is 9.73 Å². The van der Waals surface area contributed by atoms with E-state index in [9.17, 15) is 4.79 Å². The number of nitrogens with one attached hydrogen (secondary N) is 1. The smallest absolute Gasteiger partial charge is 0.287 e. The molecular formula is C15H17NO2S. The Hall–Kier alpha value is -1.68. The summed E-state index contributed by atoms with van der Waals surface area (Å²) < 4.78 is 5.54. The maximum Gasteiger partial charge on any atom is 0.287 e. The first-order valence-corrected chi connectivity index (χ1v) is 7.21. The molecule has 1 aromatic carbocycles. The maximum absolute atomic E-state index is 11.7. The van der Waals surface area contributed by atoms with Crippen LogP contribution in [-0.4, -0.2) is 11.9 Å². The number of hydrogen-bond donors (Lipinski definition) is 1. The molecule has 0 fully saturated rings. The van der Waals surface area contributed by atoms with Gasteiger partial charge in [0, 0.05) is 10.9 Å². The molecule has 0 aliphatic rings. The highest BCUT2D eigenvalue weighted by atomic mass is 32.2. The van der Waals surface area contributed by atoms with Gasteiger partial charge in [-0.1, -0.05) is 18.2 Å². The summed E-state index contributed by atoms with van der Waals surface area (Å²) in [5, 5.41) is 2.81. The predicted octanol–water partition coefficient (Wildman–Crippen LogP) is 3.71. The van der Waals surface area contributed by atoms with Crippen molar-refractivity contribution in [2.75, 3.05) is 0 Å². The second-order valence-electron chi connectivity index (χ2n) is 4.50. The molecule has 0 saturated heterocycles. The Kier molecular flexibility index (Phi) is 4.68. The fourth-order valence-corrected chi connectivity index (χ4v) is 2.40. The lowest BCUT2D eigenvalue weighted by molar-refractivity contribution is 0.0914. The molecule has 2 rings (SSSR count). The van der Waals surface area contributed by atoms with Crippen LogP contribution in [0.2, 0.25) is 0 Å². The van der Waals surface area contributed by atoms with Gasteiger partial charge in [0.05, 0.1) is 5.75 Å². The van der Waals surface area contributed by atoms with Crippen LogP contribution >= 0.6 is 11.8 Å². The van der Waals surface area contributed by atoms with Crippen LogP contribution in [0.1, 0.15) is 30.2 Å². The van der Waals surface area contributed by atoms with Gasteiger partial charge in [0.15, 0.2) is 5.76 Å². The molecule has 0 bridgehead atoms. The first kappa shape index (κ1) is 13.7. The summed E-state index contributed by atoms with van der Waals surface area (Å²) in [4.78, 5) is 12.9. The van der Waals surface area contributed by atoms with E-state index >= 15 is 0 Å². The van der Waals surface area contributed by atoms with Crippen molar-refractivity contribution in [2.24, 2.45) is 0 Å². The Morgan fingerprint density at radius 2 is 1.95 bits per heavy atom. The van der Waals surface area contributed by atoms with Crippen molar-refractivity contribution in [3.8, 4) is 0 Å². The molecule has 19 heavy (non-hydrogen) atoms. The average molecular weight is 275 g/mol. The molecule has 2 aromatic rings. The van der Waals surface area contributed by atoms with Gasteiger partial charge in [-0.25, -0.2) is 0 Å². The Balaban J connectivity index is 1.92. The summed E-state index contributed by atoms with van der Waals surface area (Å²) in [7, 11) is 0. The molecule has 100 valence electrons. The van der Waals surface area contributed by atoms with Crippen LogP contribution < -0.4 is 5.32 Å². The largest absolute Gasteiger partial charge is 0.455 e. The molecule has 0 radical (unpaired) electrons. The lowest BCUT2D eigenvalue weighted by Gasteiger charge is -2.05. The Morgan fingerprint density at radius 3 is 2.63 bits per heavy atom. The van der Waals surface area contributed by atoms with Gasteiger partial charge in [0.1, 0.15) is 5.76 Å². The van der Waals surface area contributed by atoms with E-state index in [1.165, 1.54) is 4.90 Å². The van der Waals surface area contributed by atoms with Crippen molar-refractivity contribution in [1.29, 1.82) is 0 Å². The minimum atomic E-state index is -0.161. The third-order valence-corrected chi connectivity index (χ3v) is 3.46. The summed E-state index contributed by atoms with van der Waals surface area (Å²) in [6.07, 6.45) is 0. The number of carbonyl (C=O) groups excluding carboxylic acids is 1. The molecule has 3 nitrogen and oxygen atoms in total. The molecule has 4 heteroatoms.